The lowest BCUT2D eigenvalue weighted by Gasteiger charge is -2.03. The first-order valence-corrected chi connectivity index (χ1v) is 4.79. The van der Waals surface area contributed by atoms with Crippen LogP contribution in [0.3, 0.4) is 0 Å². The topological polar surface area (TPSA) is 56.7 Å². The zero-order valence-electron chi connectivity index (χ0n) is 8.65. The molecule has 2 heterocycles. The van der Waals surface area contributed by atoms with E-state index in [1.165, 1.54) is 12.4 Å². The molecule has 90 valence electrons. The van der Waals surface area contributed by atoms with Gasteiger partial charge in [0.05, 0.1) is 0 Å². The largest absolute Gasteiger partial charge is 0.435 e. The molecule has 2 aromatic rings. The second-order valence-corrected chi connectivity index (χ2v) is 3.37. The van der Waals surface area contributed by atoms with Gasteiger partial charge in [0.25, 0.3) is 0 Å². The molecule has 0 aliphatic carbocycles. The van der Waals surface area contributed by atoms with Crippen LogP contribution in [0.5, 0.6) is 0 Å². The first-order valence-electron chi connectivity index (χ1n) is 4.79. The van der Waals surface area contributed by atoms with E-state index in [9.17, 15) is 13.2 Å². The van der Waals surface area contributed by atoms with Crippen LogP contribution in [-0.2, 0) is 12.7 Å². The average Bonchev–Trinajstić information content (AvgIpc) is 2.78. The highest BCUT2D eigenvalue weighted by Crippen LogP contribution is 2.27. The number of alkyl halides is 3. The predicted molar refractivity (Wildman–Crippen MR) is 54.3 cm³/mol. The summed E-state index contributed by atoms with van der Waals surface area (Å²) in [5, 5.41) is 3.41. The van der Waals surface area contributed by atoms with Crippen molar-refractivity contribution in [2.45, 2.75) is 12.7 Å². The summed E-state index contributed by atoms with van der Waals surface area (Å²) in [6.45, 7) is 0.334. The van der Waals surface area contributed by atoms with Gasteiger partial charge in [0, 0.05) is 18.9 Å². The Bertz CT molecular complexity index is 501. The molecule has 0 saturated heterocycles. The first-order chi connectivity index (χ1) is 8.00. The summed E-state index contributed by atoms with van der Waals surface area (Å²) < 4.78 is 38.0. The number of hydrogen-bond acceptors (Lipinski definition) is 3. The van der Waals surface area contributed by atoms with Gasteiger partial charge in [0.1, 0.15) is 0 Å². The second-order valence-electron chi connectivity index (χ2n) is 3.37. The molecule has 0 aliphatic heterocycles. The number of pyridine rings is 1. The van der Waals surface area contributed by atoms with Crippen LogP contribution in [-0.4, -0.2) is 14.8 Å². The summed E-state index contributed by atoms with van der Waals surface area (Å²) in [7, 11) is 0. The third-order valence-corrected chi connectivity index (χ3v) is 2.16. The lowest BCUT2D eigenvalue weighted by atomic mass is 10.3. The van der Waals surface area contributed by atoms with Crippen LogP contribution < -0.4 is 5.73 Å². The van der Waals surface area contributed by atoms with E-state index in [0.717, 1.165) is 16.3 Å². The van der Waals surface area contributed by atoms with E-state index in [2.05, 4.69) is 10.1 Å². The van der Waals surface area contributed by atoms with Crippen molar-refractivity contribution in [3.05, 3.63) is 41.9 Å². The number of halogens is 3. The van der Waals surface area contributed by atoms with E-state index in [1.807, 2.05) is 0 Å². The molecule has 0 saturated carbocycles. The maximum absolute atomic E-state index is 12.3. The molecule has 2 N–H and O–H groups in total. The Kier molecular flexibility index (Phi) is 2.84. The lowest BCUT2D eigenvalue weighted by Crippen LogP contribution is -2.08. The Morgan fingerprint density at radius 3 is 2.47 bits per heavy atom. The summed E-state index contributed by atoms with van der Waals surface area (Å²) in [6, 6.07) is 4.16. The summed E-state index contributed by atoms with van der Waals surface area (Å²) in [4.78, 5) is 3.97. The summed E-state index contributed by atoms with van der Waals surface area (Å²) in [5.74, 6) is 0.317. The van der Waals surface area contributed by atoms with Gasteiger partial charge in [-0.2, -0.15) is 18.3 Å². The zero-order chi connectivity index (χ0) is 12.5. The van der Waals surface area contributed by atoms with Crippen molar-refractivity contribution in [3.8, 4) is 5.82 Å². The van der Waals surface area contributed by atoms with Crippen LogP contribution in [0.2, 0.25) is 0 Å². The van der Waals surface area contributed by atoms with Crippen molar-refractivity contribution in [3.63, 3.8) is 0 Å². The Morgan fingerprint density at radius 1 is 1.24 bits per heavy atom. The standard InChI is InChI=1S/C10H9F3N4/c11-10(12,13)8-3-4-17(16-8)9-2-1-7(5-14)6-15-9/h1-4,6H,5,14H2. The summed E-state index contributed by atoms with van der Waals surface area (Å²) in [6.07, 6.45) is -1.72. The molecule has 2 rings (SSSR count). The Labute approximate surface area is 94.9 Å². The minimum absolute atomic E-state index is 0.317. The molecule has 0 radical (unpaired) electrons. The van der Waals surface area contributed by atoms with Crippen molar-refractivity contribution in [2.24, 2.45) is 5.73 Å². The van der Waals surface area contributed by atoms with Crippen LogP contribution in [0.25, 0.3) is 5.82 Å². The summed E-state index contributed by atoms with van der Waals surface area (Å²) in [5.41, 5.74) is 5.25. The smallest absolute Gasteiger partial charge is 0.326 e. The molecule has 0 aromatic carbocycles. The lowest BCUT2D eigenvalue weighted by molar-refractivity contribution is -0.141. The summed E-state index contributed by atoms with van der Waals surface area (Å²) >= 11 is 0. The zero-order valence-corrected chi connectivity index (χ0v) is 8.65. The molecule has 0 amide bonds. The minimum atomic E-state index is -4.44. The van der Waals surface area contributed by atoms with Crippen molar-refractivity contribution >= 4 is 0 Å². The van der Waals surface area contributed by atoms with Crippen LogP contribution in [0, 0.1) is 0 Å². The van der Waals surface area contributed by atoms with Gasteiger partial charge in [-0.3, -0.25) is 0 Å². The van der Waals surface area contributed by atoms with E-state index in [1.54, 1.807) is 12.1 Å². The normalized spacial score (nSPS) is 11.8. The monoisotopic (exact) mass is 242 g/mol. The van der Waals surface area contributed by atoms with Gasteiger partial charge in [-0.1, -0.05) is 6.07 Å². The van der Waals surface area contributed by atoms with Crippen molar-refractivity contribution in [2.75, 3.05) is 0 Å². The molecule has 17 heavy (non-hydrogen) atoms. The van der Waals surface area contributed by atoms with E-state index in [0.29, 0.717) is 12.4 Å². The number of nitrogens with zero attached hydrogens (tertiary/aromatic N) is 3. The molecule has 0 unspecified atom stereocenters. The quantitative estimate of drug-likeness (QED) is 0.872. The fourth-order valence-corrected chi connectivity index (χ4v) is 1.28. The van der Waals surface area contributed by atoms with Crippen molar-refractivity contribution in [1.82, 2.24) is 14.8 Å². The Hall–Kier alpha value is -1.89. The number of hydrogen-bond donors (Lipinski definition) is 1. The molecule has 4 nitrogen and oxygen atoms in total. The van der Waals surface area contributed by atoms with E-state index < -0.39 is 11.9 Å². The number of nitrogens with two attached hydrogens (primary N) is 1. The van der Waals surface area contributed by atoms with Gasteiger partial charge in [0.2, 0.25) is 0 Å². The van der Waals surface area contributed by atoms with E-state index in [4.69, 9.17) is 5.73 Å². The highest BCUT2D eigenvalue weighted by Gasteiger charge is 2.33. The highest BCUT2D eigenvalue weighted by atomic mass is 19.4. The fourth-order valence-electron chi connectivity index (χ4n) is 1.28. The molecular weight excluding hydrogens is 233 g/mol. The van der Waals surface area contributed by atoms with Crippen molar-refractivity contribution in [1.29, 1.82) is 0 Å². The van der Waals surface area contributed by atoms with Crippen LogP contribution >= 0.6 is 0 Å². The molecule has 0 fully saturated rings. The molecule has 0 bridgehead atoms. The number of aromatic nitrogens is 3. The van der Waals surface area contributed by atoms with Gasteiger partial charge in [-0.15, -0.1) is 0 Å². The maximum Gasteiger partial charge on any atom is 0.435 e. The fraction of sp³-hybridized carbons (Fsp3) is 0.200. The van der Waals surface area contributed by atoms with Gasteiger partial charge in [-0.05, 0) is 17.7 Å². The third-order valence-electron chi connectivity index (χ3n) is 2.16. The molecular formula is C10H9F3N4. The predicted octanol–water partition coefficient (Wildman–Crippen LogP) is 1.74. The first kappa shape index (κ1) is 11.6. The molecule has 0 aliphatic rings. The Balaban J connectivity index is 2.30. The SMILES string of the molecule is NCc1ccc(-n2ccc(C(F)(F)F)n2)nc1. The third kappa shape index (κ3) is 2.44. The second kappa shape index (κ2) is 4.17. The van der Waals surface area contributed by atoms with Gasteiger partial charge >= 0.3 is 6.18 Å². The highest BCUT2D eigenvalue weighted by molar-refractivity contribution is 5.25. The Morgan fingerprint density at radius 2 is 2.00 bits per heavy atom. The maximum atomic E-state index is 12.3. The van der Waals surface area contributed by atoms with Gasteiger partial charge in [-0.25, -0.2) is 9.67 Å². The van der Waals surface area contributed by atoms with Crippen LogP contribution in [0.15, 0.2) is 30.6 Å². The molecule has 0 atom stereocenters. The molecule has 0 spiro atoms. The average molecular weight is 242 g/mol. The minimum Gasteiger partial charge on any atom is -0.326 e. The van der Waals surface area contributed by atoms with Crippen molar-refractivity contribution < 1.29 is 13.2 Å². The van der Waals surface area contributed by atoms with Crippen LogP contribution in [0.4, 0.5) is 13.2 Å². The van der Waals surface area contributed by atoms with E-state index in [-0.39, 0.29) is 0 Å². The number of rotatable bonds is 2. The van der Waals surface area contributed by atoms with Gasteiger partial charge in [0.15, 0.2) is 11.5 Å². The van der Waals surface area contributed by atoms with Crippen LogP contribution in [0.1, 0.15) is 11.3 Å². The molecule has 2 aromatic heterocycles. The molecule has 7 heteroatoms. The van der Waals surface area contributed by atoms with Gasteiger partial charge < -0.3 is 5.73 Å². The van der Waals surface area contributed by atoms with E-state index >= 15 is 0 Å².